The number of ether oxygens (including phenoxy) is 2. The third-order valence-electron chi connectivity index (χ3n) is 2.39. The fraction of sp³-hybridized carbons (Fsp3) is 0.818. The van der Waals surface area contributed by atoms with Crippen LogP contribution in [0.2, 0.25) is 0 Å². The molecule has 0 saturated carbocycles. The molecular formula is C11H21O4P. The molecule has 1 fully saturated rings. The first-order valence-electron chi connectivity index (χ1n) is 5.54. The predicted octanol–water partition coefficient (Wildman–Crippen LogP) is 2.98. The van der Waals surface area contributed by atoms with Crippen LogP contribution in [0.1, 0.15) is 27.7 Å². The molecule has 1 aliphatic heterocycles. The van der Waals surface area contributed by atoms with Gasteiger partial charge in [-0.25, -0.2) is 0 Å². The smallest absolute Gasteiger partial charge is 0.237 e. The van der Waals surface area contributed by atoms with Crippen molar-refractivity contribution in [2.75, 3.05) is 12.8 Å². The summed E-state index contributed by atoms with van der Waals surface area (Å²) in [6, 6.07) is 0. The lowest BCUT2D eigenvalue weighted by atomic mass is 10.4. The van der Waals surface area contributed by atoms with E-state index in [4.69, 9.17) is 14.0 Å². The summed E-state index contributed by atoms with van der Waals surface area (Å²) in [7, 11) is -2.87. The molecule has 1 unspecified atom stereocenters. The molecule has 0 amide bonds. The molecule has 0 radical (unpaired) electrons. The summed E-state index contributed by atoms with van der Waals surface area (Å²) in [5.74, 6) is -1.20. The molecule has 0 bridgehead atoms. The van der Waals surface area contributed by atoms with E-state index < -0.39 is 19.0 Å². The summed E-state index contributed by atoms with van der Waals surface area (Å²) in [4.78, 5) is 0. The maximum absolute atomic E-state index is 12.6. The normalized spacial score (nSPS) is 32.2. The molecule has 5 heteroatoms. The van der Waals surface area contributed by atoms with Gasteiger partial charge in [0.25, 0.3) is 0 Å². The Kier molecular flexibility index (Phi) is 4.35. The Morgan fingerprint density at radius 1 is 1.50 bits per heavy atom. The number of allylic oxidation sites excluding steroid dienone is 1. The Balaban J connectivity index is 2.87. The Morgan fingerprint density at radius 3 is 2.50 bits per heavy atom. The molecule has 1 aliphatic rings. The molecule has 0 aromatic heterocycles. The van der Waals surface area contributed by atoms with Crippen LogP contribution in [0.3, 0.4) is 0 Å². The van der Waals surface area contributed by atoms with Crippen molar-refractivity contribution in [1.82, 2.24) is 0 Å². The molecule has 0 aromatic carbocycles. The fourth-order valence-corrected chi connectivity index (χ4v) is 4.32. The highest BCUT2D eigenvalue weighted by Crippen LogP contribution is 2.57. The summed E-state index contributed by atoms with van der Waals surface area (Å²) >= 11 is 0. The van der Waals surface area contributed by atoms with E-state index in [-0.39, 0.29) is 6.10 Å². The van der Waals surface area contributed by atoms with Crippen LogP contribution in [0.4, 0.5) is 0 Å². The van der Waals surface area contributed by atoms with E-state index in [1.807, 2.05) is 27.7 Å². The molecule has 1 saturated heterocycles. The Hall–Kier alpha value is -0.150. The van der Waals surface area contributed by atoms with Crippen molar-refractivity contribution in [2.45, 2.75) is 45.4 Å². The average Bonchev–Trinajstić information content (AvgIpc) is 2.41. The highest BCUT2D eigenvalue weighted by Gasteiger charge is 2.48. The van der Waals surface area contributed by atoms with Crippen molar-refractivity contribution in [3.05, 3.63) is 12.7 Å². The second-order valence-corrected chi connectivity index (χ2v) is 6.93. The molecule has 0 aromatic rings. The van der Waals surface area contributed by atoms with E-state index in [1.54, 1.807) is 6.08 Å². The fourth-order valence-electron chi connectivity index (χ4n) is 1.95. The third-order valence-corrected chi connectivity index (χ3v) is 5.16. The maximum atomic E-state index is 12.6. The number of hydrogen-bond donors (Lipinski definition) is 0. The molecule has 0 N–H and O–H groups in total. The first-order chi connectivity index (χ1) is 7.34. The largest absolute Gasteiger partial charge is 0.344 e. The number of rotatable bonds is 5. The predicted molar refractivity (Wildman–Crippen MR) is 63.8 cm³/mol. The van der Waals surface area contributed by atoms with Crippen LogP contribution in [0.25, 0.3) is 0 Å². The van der Waals surface area contributed by atoms with Crippen molar-refractivity contribution in [1.29, 1.82) is 0 Å². The topological polar surface area (TPSA) is 44.8 Å². The van der Waals surface area contributed by atoms with Crippen LogP contribution in [-0.2, 0) is 18.6 Å². The minimum absolute atomic E-state index is 0.229. The van der Waals surface area contributed by atoms with Crippen molar-refractivity contribution >= 4 is 7.37 Å². The van der Waals surface area contributed by atoms with Gasteiger partial charge in [-0.1, -0.05) is 6.08 Å². The first kappa shape index (κ1) is 13.9. The average molecular weight is 248 g/mol. The second kappa shape index (κ2) is 5.01. The molecule has 1 rings (SSSR count). The van der Waals surface area contributed by atoms with Gasteiger partial charge in [0, 0.05) is 6.16 Å². The zero-order valence-corrected chi connectivity index (χ0v) is 11.3. The highest BCUT2D eigenvalue weighted by atomic mass is 31.2. The third kappa shape index (κ3) is 2.95. The quantitative estimate of drug-likeness (QED) is 0.554. The van der Waals surface area contributed by atoms with E-state index in [2.05, 4.69) is 6.58 Å². The zero-order chi connectivity index (χ0) is 12.4. The van der Waals surface area contributed by atoms with Crippen LogP contribution in [0.15, 0.2) is 12.7 Å². The lowest BCUT2D eigenvalue weighted by Crippen LogP contribution is -2.23. The second-order valence-electron chi connectivity index (χ2n) is 4.35. The van der Waals surface area contributed by atoms with E-state index in [1.165, 1.54) is 0 Å². The van der Waals surface area contributed by atoms with Crippen LogP contribution in [-0.4, -0.2) is 30.5 Å². The Morgan fingerprint density at radius 2 is 2.12 bits per heavy atom. The monoisotopic (exact) mass is 248 g/mol. The van der Waals surface area contributed by atoms with Gasteiger partial charge in [-0.2, -0.15) is 0 Å². The molecule has 94 valence electrons. The van der Waals surface area contributed by atoms with Crippen molar-refractivity contribution in [3.63, 3.8) is 0 Å². The SMILES string of the molecule is C=CCP(=O)(OCC)[C@H]1OC(C)(C)O[C@H]1C. The van der Waals surface area contributed by atoms with Crippen molar-refractivity contribution < 1.29 is 18.6 Å². The maximum Gasteiger partial charge on any atom is 0.237 e. The highest BCUT2D eigenvalue weighted by molar-refractivity contribution is 7.59. The summed E-state index contributed by atoms with van der Waals surface area (Å²) in [5.41, 5.74) is 0. The van der Waals surface area contributed by atoms with Crippen molar-refractivity contribution in [2.24, 2.45) is 0 Å². The standard InChI is InChI=1S/C11H21O4P/c1-6-8-16(12,13-7-2)10-9(3)14-11(4,5)15-10/h6,9-10H,1,7-8H2,2-5H3/t9-,10+,16?/m0/s1. The molecule has 0 aliphatic carbocycles. The van der Waals surface area contributed by atoms with E-state index >= 15 is 0 Å². The molecule has 4 nitrogen and oxygen atoms in total. The Labute approximate surface area is 97.4 Å². The summed E-state index contributed by atoms with van der Waals surface area (Å²) in [6.45, 7) is 11.3. The summed E-state index contributed by atoms with van der Waals surface area (Å²) in [6.07, 6.45) is 1.69. The summed E-state index contributed by atoms with van der Waals surface area (Å²) in [5, 5.41) is 0. The van der Waals surface area contributed by atoms with Gasteiger partial charge in [-0.3, -0.25) is 4.57 Å². The van der Waals surface area contributed by atoms with Gasteiger partial charge in [0.05, 0.1) is 12.7 Å². The molecule has 16 heavy (non-hydrogen) atoms. The van der Waals surface area contributed by atoms with Gasteiger partial charge >= 0.3 is 0 Å². The molecular weight excluding hydrogens is 227 g/mol. The van der Waals surface area contributed by atoms with Gasteiger partial charge in [-0.05, 0) is 27.7 Å². The lowest BCUT2D eigenvalue weighted by Gasteiger charge is -2.24. The van der Waals surface area contributed by atoms with Crippen LogP contribution >= 0.6 is 7.37 Å². The minimum Gasteiger partial charge on any atom is -0.344 e. The zero-order valence-electron chi connectivity index (χ0n) is 10.4. The van der Waals surface area contributed by atoms with Crippen LogP contribution in [0, 0.1) is 0 Å². The number of hydrogen-bond acceptors (Lipinski definition) is 4. The molecule has 1 heterocycles. The van der Waals surface area contributed by atoms with Crippen LogP contribution in [0.5, 0.6) is 0 Å². The van der Waals surface area contributed by atoms with Gasteiger partial charge in [0.15, 0.2) is 11.6 Å². The molecule has 3 atom stereocenters. The van der Waals surface area contributed by atoms with E-state index in [0.29, 0.717) is 12.8 Å². The van der Waals surface area contributed by atoms with Crippen LogP contribution < -0.4 is 0 Å². The van der Waals surface area contributed by atoms with Gasteiger partial charge in [0.1, 0.15) is 0 Å². The van der Waals surface area contributed by atoms with Gasteiger partial charge < -0.3 is 14.0 Å². The van der Waals surface area contributed by atoms with Gasteiger partial charge in [-0.15, -0.1) is 6.58 Å². The lowest BCUT2D eigenvalue weighted by molar-refractivity contribution is -0.139. The van der Waals surface area contributed by atoms with E-state index in [0.717, 1.165) is 0 Å². The van der Waals surface area contributed by atoms with Gasteiger partial charge in [0.2, 0.25) is 7.37 Å². The van der Waals surface area contributed by atoms with Crippen molar-refractivity contribution in [3.8, 4) is 0 Å². The van der Waals surface area contributed by atoms with E-state index in [9.17, 15) is 4.57 Å². The Bertz CT molecular complexity index is 300. The first-order valence-corrected chi connectivity index (χ1v) is 7.42. The minimum atomic E-state index is -2.87. The summed E-state index contributed by atoms with van der Waals surface area (Å²) < 4.78 is 29.3. The molecule has 0 spiro atoms.